The predicted octanol–water partition coefficient (Wildman–Crippen LogP) is 6.87. The van der Waals surface area contributed by atoms with Crippen LogP contribution in [-0.2, 0) is 26.2 Å². The molecule has 0 bridgehead atoms. The molecular weight excluding hydrogens is 605 g/mol. The third-order valence-electron chi connectivity index (χ3n) is 6.79. The Morgan fingerprint density at radius 3 is 2.15 bits per heavy atom. The summed E-state index contributed by atoms with van der Waals surface area (Å²) >= 11 is 18.4. The van der Waals surface area contributed by atoms with Crippen molar-refractivity contribution in [2.24, 2.45) is 0 Å². The SMILES string of the molecule is CC[C@@H](C)NC(=O)[C@@H](CC)N(Cc1ccc(Cl)c(Cl)c1)C(=O)CN(c1ccccc1C)S(=O)(=O)c1ccc(Cl)cc1. The molecule has 41 heavy (non-hydrogen) atoms. The number of halogens is 3. The van der Waals surface area contributed by atoms with Crippen LogP contribution in [0.4, 0.5) is 5.69 Å². The van der Waals surface area contributed by atoms with Crippen LogP contribution in [0.25, 0.3) is 0 Å². The number of carbonyl (C=O) groups is 2. The lowest BCUT2D eigenvalue weighted by molar-refractivity contribution is -0.140. The molecule has 3 rings (SSSR count). The number of amides is 2. The molecule has 0 aliphatic carbocycles. The molecule has 0 aliphatic heterocycles. The van der Waals surface area contributed by atoms with Crippen molar-refractivity contribution in [1.82, 2.24) is 10.2 Å². The van der Waals surface area contributed by atoms with Crippen LogP contribution in [0.2, 0.25) is 15.1 Å². The lowest BCUT2D eigenvalue weighted by Crippen LogP contribution is -2.53. The Balaban J connectivity index is 2.09. The summed E-state index contributed by atoms with van der Waals surface area (Å²) in [6.07, 6.45) is 1.02. The molecule has 0 heterocycles. The number of benzene rings is 3. The number of nitrogens with zero attached hydrogens (tertiary/aromatic N) is 2. The van der Waals surface area contributed by atoms with Crippen molar-refractivity contribution in [3.05, 3.63) is 92.9 Å². The Morgan fingerprint density at radius 1 is 0.902 bits per heavy atom. The largest absolute Gasteiger partial charge is 0.352 e. The van der Waals surface area contributed by atoms with Gasteiger partial charge in [0.25, 0.3) is 10.0 Å². The van der Waals surface area contributed by atoms with Crippen molar-refractivity contribution < 1.29 is 18.0 Å². The number of rotatable bonds is 12. The molecule has 1 N–H and O–H groups in total. The second-order valence-electron chi connectivity index (χ2n) is 9.76. The quantitative estimate of drug-likeness (QED) is 0.235. The minimum Gasteiger partial charge on any atom is -0.352 e. The van der Waals surface area contributed by atoms with Crippen molar-refractivity contribution in [3.63, 3.8) is 0 Å². The lowest BCUT2D eigenvalue weighted by atomic mass is 10.1. The van der Waals surface area contributed by atoms with E-state index >= 15 is 0 Å². The fourth-order valence-corrected chi connectivity index (χ4v) is 6.21. The Labute approximate surface area is 257 Å². The summed E-state index contributed by atoms with van der Waals surface area (Å²) in [4.78, 5) is 28.9. The summed E-state index contributed by atoms with van der Waals surface area (Å²) in [5.74, 6) is -0.874. The number of hydrogen-bond acceptors (Lipinski definition) is 4. The third kappa shape index (κ3) is 8.16. The maximum Gasteiger partial charge on any atom is 0.264 e. The van der Waals surface area contributed by atoms with Crippen LogP contribution >= 0.6 is 34.8 Å². The molecule has 0 spiro atoms. The summed E-state index contributed by atoms with van der Waals surface area (Å²) < 4.78 is 29.0. The highest BCUT2D eigenvalue weighted by Crippen LogP contribution is 2.29. The molecule has 0 radical (unpaired) electrons. The van der Waals surface area contributed by atoms with Gasteiger partial charge in [-0.25, -0.2) is 8.42 Å². The minimum atomic E-state index is -4.19. The number of hydrogen-bond donors (Lipinski definition) is 1. The van der Waals surface area contributed by atoms with E-state index in [0.29, 0.717) is 44.7 Å². The molecule has 7 nitrogen and oxygen atoms in total. The van der Waals surface area contributed by atoms with Crippen molar-refractivity contribution in [2.75, 3.05) is 10.8 Å². The van der Waals surface area contributed by atoms with Gasteiger partial charge in [-0.1, -0.05) is 72.9 Å². The van der Waals surface area contributed by atoms with Gasteiger partial charge in [-0.2, -0.15) is 0 Å². The average Bonchev–Trinajstić information content (AvgIpc) is 2.94. The van der Waals surface area contributed by atoms with Gasteiger partial charge in [0.1, 0.15) is 12.6 Å². The molecule has 0 unspecified atom stereocenters. The normalized spacial score (nSPS) is 12.9. The standard InChI is InChI=1S/C30H34Cl3N3O4S/c1-5-21(4)34-30(38)27(6-2)35(18-22-11-16-25(32)26(33)17-22)29(37)19-36(28-10-8-7-9-20(28)3)41(39,40)24-14-12-23(31)13-15-24/h7-17,21,27H,5-6,18-19H2,1-4H3,(H,34,38)/t21-,27-/m1/s1. The Hall–Kier alpha value is -2.78. The van der Waals surface area contributed by atoms with Crippen LogP contribution in [0.3, 0.4) is 0 Å². The molecule has 0 fully saturated rings. The first kappa shape index (κ1) is 32.7. The van der Waals surface area contributed by atoms with Gasteiger partial charge in [0, 0.05) is 17.6 Å². The zero-order chi connectivity index (χ0) is 30.3. The summed E-state index contributed by atoms with van der Waals surface area (Å²) in [7, 11) is -4.19. The molecular formula is C30H34Cl3N3O4S. The number of aryl methyl sites for hydroxylation is 1. The van der Waals surface area contributed by atoms with E-state index in [1.54, 1.807) is 56.3 Å². The Bertz CT molecular complexity index is 1480. The van der Waals surface area contributed by atoms with E-state index in [1.165, 1.54) is 29.2 Å². The topological polar surface area (TPSA) is 86.8 Å². The lowest BCUT2D eigenvalue weighted by Gasteiger charge is -2.34. The number of carbonyl (C=O) groups excluding carboxylic acids is 2. The van der Waals surface area contributed by atoms with Gasteiger partial charge in [0.15, 0.2) is 0 Å². The minimum absolute atomic E-state index is 0.0180. The van der Waals surface area contributed by atoms with Gasteiger partial charge in [0.05, 0.1) is 20.6 Å². The molecule has 0 saturated carbocycles. The Morgan fingerprint density at radius 2 is 1.56 bits per heavy atom. The highest BCUT2D eigenvalue weighted by molar-refractivity contribution is 7.92. The van der Waals surface area contributed by atoms with Crippen LogP contribution in [0.5, 0.6) is 0 Å². The molecule has 3 aromatic carbocycles. The summed E-state index contributed by atoms with van der Waals surface area (Å²) in [5, 5.41) is 4.00. The highest BCUT2D eigenvalue weighted by Gasteiger charge is 2.34. The van der Waals surface area contributed by atoms with E-state index in [4.69, 9.17) is 34.8 Å². The first-order chi connectivity index (χ1) is 19.4. The highest BCUT2D eigenvalue weighted by atomic mass is 35.5. The Kier molecular flexibility index (Phi) is 11.5. The van der Waals surface area contributed by atoms with Crippen LogP contribution in [-0.4, -0.2) is 43.8 Å². The monoisotopic (exact) mass is 637 g/mol. The van der Waals surface area contributed by atoms with Crippen LogP contribution in [0, 0.1) is 6.92 Å². The molecule has 0 aromatic heterocycles. The first-order valence-electron chi connectivity index (χ1n) is 13.3. The second-order valence-corrected chi connectivity index (χ2v) is 12.9. The van der Waals surface area contributed by atoms with E-state index in [1.807, 2.05) is 13.8 Å². The van der Waals surface area contributed by atoms with Gasteiger partial charge in [-0.05, 0) is 80.3 Å². The van der Waals surface area contributed by atoms with Crippen LogP contribution in [0.1, 0.15) is 44.7 Å². The molecule has 220 valence electrons. The molecule has 2 amide bonds. The number of sulfonamides is 1. The third-order valence-corrected chi connectivity index (χ3v) is 9.55. The van der Waals surface area contributed by atoms with Gasteiger partial charge in [0.2, 0.25) is 11.8 Å². The van der Waals surface area contributed by atoms with E-state index < -0.39 is 28.5 Å². The second kappa shape index (κ2) is 14.4. The van der Waals surface area contributed by atoms with Crippen LogP contribution in [0.15, 0.2) is 71.6 Å². The van der Waals surface area contributed by atoms with Crippen molar-refractivity contribution in [1.29, 1.82) is 0 Å². The van der Waals surface area contributed by atoms with E-state index in [0.717, 1.165) is 4.31 Å². The number of nitrogens with one attached hydrogen (secondary N) is 1. The molecule has 0 aliphatic rings. The van der Waals surface area contributed by atoms with Crippen LogP contribution < -0.4 is 9.62 Å². The average molecular weight is 639 g/mol. The fraction of sp³-hybridized carbons (Fsp3) is 0.333. The van der Waals surface area contributed by atoms with Gasteiger partial charge in [-0.15, -0.1) is 0 Å². The molecule has 11 heteroatoms. The van der Waals surface area contributed by atoms with Crippen molar-refractivity contribution in [3.8, 4) is 0 Å². The predicted molar refractivity (Wildman–Crippen MR) is 166 cm³/mol. The van der Waals surface area contributed by atoms with Gasteiger partial charge >= 0.3 is 0 Å². The summed E-state index contributed by atoms with van der Waals surface area (Å²) in [6, 6.07) is 16.7. The molecule has 2 atom stereocenters. The maximum absolute atomic E-state index is 14.1. The van der Waals surface area contributed by atoms with Gasteiger partial charge in [-0.3, -0.25) is 13.9 Å². The van der Waals surface area contributed by atoms with E-state index in [9.17, 15) is 18.0 Å². The first-order valence-corrected chi connectivity index (χ1v) is 15.8. The number of para-hydroxylation sites is 1. The molecule has 0 saturated heterocycles. The fourth-order valence-electron chi connectivity index (χ4n) is 4.29. The number of anilines is 1. The zero-order valence-electron chi connectivity index (χ0n) is 23.4. The summed E-state index contributed by atoms with van der Waals surface area (Å²) in [6.45, 7) is 6.89. The zero-order valence-corrected chi connectivity index (χ0v) is 26.5. The van der Waals surface area contributed by atoms with E-state index in [-0.39, 0.29) is 23.4 Å². The summed E-state index contributed by atoms with van der Waals surface area (Å²) in [5.41, 5.74) is 1.66. The van der Waals surface area contributed by atoms with Crippen molar-refractivity contribution in [2.45, 2.75) is 64.1 Å². The molecule has 3 aromatic rings. The maximum atomic E-state index is 14.1. The van der Waals surface area contributed by atoms with Crippen molar-refractivity contribution >= 4 is 62.3 Å². The van der Waals surface area contributed by atoms with Gasteiger partial charge < -0.3 is 10.2 Å². The smallest absolute Gasteiger partial charge is 0.264 e. The van der Waals surface area contributed by atoms with E-state index in [2.05, 4.69) is 5.32 Å².